The van der Waals surface area contributed by atoms with E-state index in [2.05, 4.69) is 29.4 Å². The van der Waals surface area contributed by atoms with Crippen LogP contribution in [0, 0.1) is 6.92 Å². The van der Waals surface area contributed by atoms with E-state index in [0.29, 0.717) is 0 Å². The number of thiazole rings is 1. The zero-order chi connectivity index (χ0) is 11.5. The lowest BCUT2D eigenvalue weighted by Crippen LogP contribution is -2.17. The molecule has 2 nitrogen and oxygen atoms in total. The minimum atomic E-state index is 0.177. The number of benzene rings is 1. The minimum Gasteiger partial charge on any atom is -0.328 e. The zero-order valence-electron chi connectivity index (χ0n) is 9.60. The second kappa shape index (κ2) is 4.76. The quantitative estimate of drug-likeness (QED) is 0.883. The summed E-state index contributed by atoms with van der Waals surface area (Å²) < 4.78 is 0. The van der Waals surface area contributed by atoms with Gasteiger partial charge in [0.1, 0.15) is 0 Å². The zero-order valence-corrected chi connectivity index (χ0v) is 10.4. The van der Waals surface area contributed by atoms with Crippen molar-refractivity contribution in [3.8, 4) is 11.3 Å². The van der Waals surface area contributed by atoms with E-state index in [9.17, 15) is 0 Å². The van der Waals surface area contributed by atoms with Crippen molar-refractivity contribution >= 4 is 11.3 Å². The largest absolute Gasteiger partial charge is 0.328 e. The van der Waals surface area contributed by atoms with Gasteiger partial charge in [0.05, 0.1) is 10.7 Å². The standard InChI is InChI=1S/C13H16N2S/c1-9-5-3-4-6-11(9)12-8-16-13(15-12)7-10(2)14/h3-6,8,10H,7,14H2,1-2H3. The molecule has 0 spiro atoms. The second-order valence-electron chi connectivity index (χ2n) is 4.12. The molecule has 84 valence electrons. The van der Waals surface area contributed by atoms with Crippen molar-refractivity contribution in [3.05, 3.63) is 40.2 Å². The number of rotatable bonds is 3. The van der Waals surface area contributed by atoms with Crippen molar-refractivity contribution in [2.75, 3.05) is 0 Å². The summed E-state index contributed by atoms with van der Waals surface area (Å²) in [5, 5.41) is 3.23. The summed E-state index contributed by atoms with van der Waals surface area (Å²) >= 11 is 1.69. The third kappa shape index (κ3) is 2.49. The Kier molecular flexibility index (Phi) is 3.36. The van der Waals surface area contributed by atoms with Crippen LogP contribution < -0.4 is 5.73 Å². The van der Waals surface area contributed by atoms with E-state index in [-0.39, 0.29) is 6.04 Å². The number of hydrogen-bond acceptors (Lipinski definition) is 3. The molecule has 16 heavy (non-hydrogen) atoms. The molecule has 0 saturated heterocycles. The fraction of sp³-hybridized carbons (Fsp3) is 0.308. The monoisotopic (exact) mass is 232 g/mol. The van der Waals surface area contributed by atoms with Crippen LogP contribution in [0.2, 0.25) is 0 Å². The lowest BCUT2D eigenvalue weighted by molar-refractivity contribution is 0.734. The van der Waals surface area contributed by atoms with Gasteiger partial charge in [-0.2, -0.15) is 0 Å². The average molecular weight is 232 g/mol. The van der Waals surface area contributed by atoms with Gasteiger partial charge in [0, 0.05) is 23.4 Å². The van der Waals surface area contributed by atoms with Crippen LogP contribution in [0.4, 0.5) is 0 Å². The first-order chi connectivity index (χ1) is 7.66. The molecule has 0 fully saturated rings. The minimum absolute atomic E-state index is 0.177. The summed E-state index contributed by atoms with van der Waals surface area (Å²) in [6, 6.07) is 8.50. The Bertz CT molecular complexity index is 474. The summed E-state index contributed by atoms with van der Waals surface area (Å²) in [5.74, 6) is 0. The molecule has 1 unspecified atom stereocenters. The van der Waals surface area contributed by atoms with Gasteiger partial charge < -0.3 is 5.73 Å². The number of aryl methyl sites for hydroxylation is 1. The van der Waals surface area contributed by atoms with E-state index in [0.717, 1.165) is 17.1 Å². The van der Waals surface area contributed by atoms with Gasteiger partial charge in [-0.25, -0.2) is 4.98 Å². The van der Waals surface area contributed by atoms with Crippen molar-refractivity contribution in [1.82, 2.24) is 4.98 Å². The molecule has 0 aliphatic heterocycles. The van der Waals surface area contributed by atoms with Crippen LogP contribution in [-0.4, -0.2) is 11.0 Å². The fourth-order valence-electron chi connectivity index (χ4n) is 1.66. The predicted molar refractivity (Wildman–Crippen MR) is 69.6 cm³/mol. The van der Waals surface area contributed by atoms with Gasteiger partial charge in [0.25, 0.3) is 0 Å². The van der Waals surface area contributed by atoms with Crippen LogP contribution in [0.3, 0.4) is 0 Å². The van der Waals surface area contributed by atoms with Crippen molar-refractivity contribution in [2.24, 2.45) is 5.73 Å². The van der Waals surface area contributed by atoms with Crippen molar-refractivity contribution < 1.29 is 0 Å². The molecule has 1 heterocycles. The van der Waals surface area contributed by atoms with Crippen molar-refractivity contribution in [2.45, 2.75) is 26.3 Å². The lowest BCUT2D eigenvalue weighted by Gasteiger charge is -2.02. The molecule has 2 aromatic rings. The van der Waals surface area contributed by atoms with Crippen LogP contribution in [0.15, 0.2) is 29.6 Å². The summed E-state index contributed by atoms with van der Waals surface area (Å²) in [6.07, 6.45) is 0.858. The molecular weight excluding hydrogens is 216 g/mol. The molecule has 1 atom stereocenters. The molecule has 2 rings (SSSR count). The maximum Gasteiger partial charge on any atom is 0.0947 e. The van der Waals surface area contributed by atoms with Gasteiger partial charge in [-0.05, 0) is 19.4 Å². The first-order valence-corrected chi connectivity index (χ1v) is 6.31. The predicted octanol–water partition coefficient (Wildman–Crippen LogP) is 3.01. The maximum atomic E-state index is 5.77. The molecule has 1 aromatic heterocycles. The number of nitrogens with zero attached hydrogens (tertiary/aromatic N) is 1. The third-order valence-electron chi connectivity index (χ3n) is 2.47. The highest BCUT2D eigenvalue weighted by atomic mass is 32.1. The molecule has 2 N–H and O–H groups in total. The van der Waals surface area contributed by atoms with Gasteiger partial charge in [-0.1, -0.05) is 24.3 Å². The Morgan fingerprint density at radius 2 is 2.12 bits per heavy atom. The highest BCUT2D eigenvalue weighted by Gasteiger charge is 2.07. The van der Waals surface area contributed by atoms with E-state index < -0.39 is 0 Å². The van der Waals surface area contributed by atoms with Crippen molar-refractivity contribution in [3.63, 3.8) is 0 Å². The smallest absolute Gasteiger partial charge is 0.0947 e. The maximum absolute atomic E-state index is 5.77. The molecule has 0 bridgehead atoms. The highest BCUT2D eigenvalue weighted by Crippen LogP contribution is 2.25. The molecule has 0 radical (unpaired) electrons. The number of nitrogens with two attached hydrogens (primary N) is 1. The van der Waals surface area contributed by atoms with Gasteiger partial charge in [0.15, 0.2) is 0 Å². The summed E-state index contributed by atoms with van der Waals surface area (Å²) in [4.78, 5) is 4.62. The molecule has 3 heteroatoms. The Labute approximate surface area is 100 Å². The lowest BCUT2D eigenvalue weighted by atomic mass is 10.1. The molecule has 0 saturated carbocycles. The van der Waals surface area contributed by atoms with E-state index >= 15 is 0 Å². The van der Waals surface area contributed by atoms with E-state index in [4.69, 9.17) is 5.73 Å². The molecular formula is C13H16N2S. The normalized spacial score (nSPS) is 12.7. The summed E-state index contributed by atoms with van der Waals surface area (Å²) in [6.45, 7) is 4.12. The van der Waals surface area contributed by atoms with E-state index in [1.165, 1.54) is 11.1 Å². The van der Waals surface area contributed by atoms with Crippen LogP contribution in [0.25, 0.3) is 11.3 Å². The van der Waals surface area contributed by atoms with E-state index in [1.54, 1.807) is 11.3 Å². The Morgan fingerprint density at radius 3 is 2.81 bits per heavy atom. The van der Waals surface area contributed by atoms with Crippen molar-refractivity contribution in [1.29, 1.82) is 0 Å². The summed E-state index contributed by atoms with van der Waals surface area (Å²) in [7, 11) is 0. The number of hydrogen-bond donors (Lipinski definition) is 1. The fourth-order valence-corrected chi connectivity index (χ4v) is 2.60. The van der Waals surface area contributed by atoms with Gasteiger partial charge in [-0.3, -0.25) is 0 Å². The van der Waals surface area contributed by atoms with Gasteiger partial charge in [0.2, 0.25) is 0 Å². The molecule has 0 aliphatic rings. The van der Waals surface area contributed by atoms with Gasteiger partial charge >= 0.3 is 0 Å². The topological polar surface area (TPSA) is 38.9 Å². The first kappa shape index (κ1) is 11.3. The average Bonchev–Trinajstić information content (AvgIpc) is 2.66. The highest BCUT2D eigenvalue weighted by molar-refractivity contribution is 7.09. The van der Waals surface area contributed by atoms with Crippen LogP contribution in [0.5, 0.6) is 0 Å². The molecule has 1 aromatic carbocycles. The second-order valence-corrected chi connectivity index (χ2v) is 5.07. The first-order valence-electron chi connectivity index (χ1n) is 5.43. The Hall–Kier alpha value is -1.19. The Balaban J connectivity index is 2.28. The summed E-state index contributed by atoms with van der Waals surface area (Å²) in [5.41, 5.74) is 9.32. The van der Waals surface area contributed by atoms with E-state index in [1.807, 2.05) is 19.1 Å². The van der Waals surface area contributed by atoms with Gasteiger partial charge in [-0.15, -0.1) is 11.3 Å². The molecule has 0 aliphatic carbocycles. The SMILES string of the molecule is Cc1ccccc1-c1csc(CC(C)N)n1. The number of aromatic nitrogens is 1. The van der Waals surface area contributed by atoms with Crippen LogP contribution >= 0.6 is 11.3 Å². The molecule has 0 amide bonds. The third-order valence-corrected chi connectivity index (χ3v) is 3.34. The van der Waals surface area contributed by atoms with Crippen LogP contribution in [0.1, 0.15) is 17.5 Å². The van der Waals surface area contributed by atoms with Crippen LogP contribution in [-0.2, 0) is 6.42 Å². The Morgan fingerprint density at radius 1 is 1.38 bits per heavy atom.